The van der Waals surface area contributed by atoms with Gasteiger partial charge in [0.05, 0.1) is 17.2 Å². The number of nitrogens with zero attached hydrogens (tertiary/aromatic N) is 4. The first kappa shape index (κ1) is 12.8. The molecule has 3 N–H and O–H groups in total. The predicted molar refractivity (Wildman–Crippen MR) is 74.0 cm³/mol. The number of benzene rings is 1. The van der Waals surface area contributed by atoms with Crippen molar-refractivity contribution >= 4 is 22.7 Å². The molecule has 2 heterocycles. The van der Waals surface area contributed by atoms with E-state index in [0.717, 1.165) is 5.56 Å². The lowest BCUT2D eigenvalue weighted by molar-refractivity contribution is -0.384. The number of nitrogen functional groups attached to an aromatic ring is 1. The highest BCUT2D eigenvalue weighted by atomic mass is 16.6. The second kappa shape index (κ2) is 4.71. The van der Waals surface area contributed by atoms with Gasteiger partial charge in [-0.1, -0.05) is 0 Å². The molecule has 106 valence electrons. The van der Waals surface area contributed by atoms with Crippen LogP contribution in [0.3, 0.4) is 0 Å². The van der Waals surface area contributed by atoms with Crippen LogP contribution in [-0.4, -0.2) is 25.1 Å². The predicted octanol–water partition coefficient (Wildman–Crippen LogP) is 1.94. The van der Waals surface area contributed by atoms with Crippen LogP contribution in [0.15, 0.2) is 24.4 Å². The summed E-state index contributed by atoms with van der Waals surface area (Å²) in [7, 11) is 0. The third-order valence-corrected chi connectivity index (χ3v) is 2.88. The number of aryl methyl sites for hydroxylation is 1. The molecule has 0 amide bonds. The van der Waals surface area contributed by atoms with Crippen molar-refractivity contribution in [3.05, 3.63) is 40.1 Å². The fourth-order valence-electron chi connectivity index (χ4n) is 1.82. The van der Waals surface area contributed by atoms with Crippen LogP contribution in [0.2, 0.25) is 0 Å². The molecule has 0 atom stereocenters. The number of nitrogens with one attached hydrogen (secondary N) is 1. The zero-order chi connectivity index (χ0) is 15.0. The Labute approximate surface area is 117 Å². The number of hydrogen-bond acceptors (Lipinski definition) is 7. The normalized spacial score (nSPS) is 10.7. The number of nitro groups is 1. The quantitative estimate of drug-likeness (QED) is 0.555. The lowest BCUT2D eigenvalue weighted by atomic mass is 10.2. The second-order valence-corrected chi connectivity index (χ2v) is 4.33. The van der Waals surface area contributed by atoms with Crippen molar-refractivity contribution in [1.29, 1.82) is 0 Å². The molecule has 0 bridgehead atoms. The lowest BCUT2D eigenvalue weighted by Crippen LogP contribution is -1.99. The lowest BCUT2D eigenvalue weighted by Gasteiger charge is -2.08. The summed E-state index contributed by atoms with van der Waals surface area (Å²) in [5, 5.41) is 17.9. The number of rotatable bonds is 3. The van der Waals surface area contributed by atoms with Crippen LogP contribution in [-0.2, 0) is 0 Å². The first-order valence-corrected chi connectivity index (χ1v) is 5.94. The Morgan fingerprint density at radius 2 is 2.19 bits per heavy atom. The summed E-state index contributed by atoms with van der Waals surface area (Å²) >= 11 is 0. The van der Waals surface area contributed by atoms with Gasteiger partial charge >= 0.3 is 0 Å². The monoisotopic (exact) mass is 286 g/mol. The van der Waals surface area contributed by atoms with Crippen molar-refractivity contribution in [2.75, 3.05) is 5.73 Å². The molecule has 21 heavy (non-hydrogen) atoms. The number of fused-ring (bicyclic) bond motifs is 1. The molecule has 2 aromatic heterocycles. The minimum absolute atomic E-state index is 0.0184. The van der Waals surface area contributed by atoms with Gasteiger partial charge in [0.25, 0.3) is 5.69 Å². The SMILES string of the molecule is Cc1ccc([N+](=O)[O-])cc1Oc1nc(N)nc2[nH]ncc12. The van der Waals surface area contributed by atoms with Crippen LogP contribution in [0.1, 0.15) is 5.56 Å². The van der Waals surface area contributed by atoms with Gasteiger partial charge in [0.15, 0.2) is 5.65 Å². The smallest absolute Gasteiger partial charge is 0.273 e. The van der Waals surface area contributed by atoms with Crippen LogP contribution in [0.5, 0.6) is 11.6 Å². The van der Waals surface area contributed by atoms with Crippen molar-refractivity contribution in [1.82, 2.24) is 20.2 Å². The summed E-state index contributed by atoms with van der Waals surface area (Å²) in [6.07, 6.45) is 1.50. The summed E-state index contributed by atoms with van der Waals surface area (Å²) in [6, 6.07) is 4.34. The van der Waals surface area contributed by atoms with E-state index in [9.17, 15) is 10.1 Å². The minimum Gasteiger partial charge on any atom is -0.438 e. The molecule has 0 fully saturated rings. The Kier molecular flexibility index (Phi) is 2.87. The fraction of sp³-hybridized carbons (Fsp3) is 0.0833. The van der Waals surface area contributed by atoms with E-state index < -0.39 is 4.92 Å². The Hall–Kier alpha value is -3.23. The molecule has 1 aromatic carbocycles. The van der Waals surface area contributed by atoms with Crippen molar-refractivity contribution in [3.8, 4) is 11.6 Å². The van der Waals surface area contributed by atoms with E-state index in [0.29, 0.717) is 16.8 Å². The summed E-state index contributed by atoms with van der Waals surface area (Å²) in [5.41, 5.74) is 6.69. The average molecular weight is 286 g/mol. The molecule has 0 saturated heterocycles. The van der Waals surface area contributed by atoms with Gasteiger partial charge in [-0.3, -0.25) is 15.2 Å². The number of H-pyrrole nitrogens is 1. The Morgan fingerprint density at radius 1 is 1.38 bits per heavy atom. The molecule has 0 aliphatic rings. The van der Waals surface area contributed by atoms with Gasteiger partial charge in [0.2, 0.25) is 11.8 Å². The molecule has 0 aliphatic heterocycles. The highest BCUT2D eigenvalue weighted by Gasteiger charge is 2.14. The van der Waals surface area contributed by atoms with Gasteiger partial charge in [-0.15, -0.1) is 0 Å². The third kappa shape index (κ3) is 2.31. The molecular formula is C12H10N6O3. The molecule has 3 rings (SSSR count). The van der Waals surface area contributed by atoms with Gasteiger partial charge in [-0.25, -0.2) is 0 Å². The largest absolute Gasteiger partial charge is 0.438 e. The van der Waals surface area contributed by atoms with Crippen LogP contribution >= 0.6 is 0 Å². The minimum atomic E-state index is -0.492. The number of aromatic nitrogens is 4. The van der Waals surface area contributed by atoms with Crippen LogP contribution in [0.25, 0.3) is 11.0 Å². The number of ether oxygens (including phenoxy) is 1. The van der Waals surface area contributed by atoms with Crippen molar-refractivity contribution in [2.45, 2.75) is 6.92 Å². The van der Waals surface area contributed by atoms with Crippen molar-refractivity contribution in [2.24, 2.45) is 0 Å². The number of non-ortho nitro benzene ring substituents is 1. The Morgan fingerprint density at radius 3 is 2.95 bits per heavy atom. The van der Waals surface area contributed by atoms with E-state index in [-0.39, 0.29) is 17.5 Å². The number of nitrogens with two attached hydrogens (primary N) is 1. The first-order chi connectivity index (χ1) is 10.0. The molecule has 0 radical (unpaired) electrons. The average Bonchev–Trinajstić information content (AvgIpc) is 2.89. The van der Waals surface area contributed by atoms with E-state index in [1.807, 2.05) is 0 Å². The van der Waals surface area contributed by atoms with E-state index in [2.05, 4.69) is 20.2 Å². The molecule has 0 spiro atoms. The zero-order valence-electron chi connectivity index (χ0n) is 10.9. The topological polar surface area (TPSA) is 133 Å². The van der Waals surface area contributed by atoms with Crippen molar-refractivity contribution in [3.63, 3.8) is 0 Å². The van der Waals surface area contributed by atoms with Gasteiger partial charge in [0.1, 0.15) is 11.1 Å². The standard InChI is InChI=1S/C12H10N6O3/c1-6-2-3-7(18(19)20)4-9(6)21-11-8-5-14-17-10(8)15-12(13)16-11/h2-5H,1H3,(H3,13,14,15,16,17). The van der Waals surface area contributed by atoms with Crippen molar-refractivity contribution < 1.29 is 9.66 Å². The molecule has 9 heteroatoms. The maximum atomic E-state index is 10.8. The molecule has 0 unspecified atom stereocenters. The van der Waals surface area contributed by atoms with Gasteiger partial charge in [-0.2, -0.15) is 15.1 Å². The number of aromatic amines is 1. The first-order valence-electron chi connectivity index (χ1n) is 5.94. The molecule has 9 nitrogen and oxygen atoms in total. The summed E-state index contributed by atoms with van der Waals surface area (Å²) in [5.74, 6) is 0.532. The molecule has 0 aliphatic carbocycles. The fourth-order valence-corrected chi connectivity index (χ4v) is 1.82. The van der Waals surface area contributed by atoms with E-state index in [4.69, 9.17) is 10.5 Å². The van der Waals surface area contributed by atoms with Gasteiger partial charge in [0, 0.05) is 6.07 Å². The van der Waals surface area contributed by atoms with Crippen LogP contribution < -0.4 is 10.5 Å². The second-order valence-electron chi connectivity index (χ2n) is 4.33. The van der Waals surface area contributed by atoms with Crippen LogP contribution in [0.4, 0.5) is 11.6 Å². The zero-order valence-corrected chi connectivity index (χ0v) is 10.9. The van der Waals surface area contributed by atoms with E-state index in [1.165, 1.54) is 18.3 Å². The number of anilines is 1. The molecule has 0 saturated carbocycles. The summed E-state index contributed by atoms with van der Waals surface area (Å²) in [6.45, 7) is 1.77. The number of hydrogen-bond donors (Lipinski definition) is 2. The summed E-state index contributed by atoms with van der Waals surface area (Å²) in [4.78, 5) is 18.3. The maximum Gasteiger partial charge on any atom is 0.273 e. The summed E-state index contributed by atoms with van der Waals surface area (Å²) < 4.78 is 5.66. The third-order valence-electron chi connectivity index (χ3n) is 2.88. The van der Waals surface area contributed by atoms with E-state index in [1.54, 1.807) is 13.0 Å². The Bertz CT molecular complexity index is 844. The van der Waals surface area contributed by atoms with Crippen LogP contribution in [0, 0.1) is 17.0 Å². The molecule has 3 aromatic rings. The number of nitro benzene ring substituents is 1. The highest BCUT2D eigenvalue weighted by Crippen LogP contribution is 2.31. The Balaban J connectivity index is 2.08. The van der Waals surface area contributed by atoms with E-state index >= 15 is 0 Å². The van der Waals surface area contributed by atoms with Gasteiger partial charge in [-0.05, 0) is 18.6 Å². The maximum absolute atomic E-state index is 10.8. The highest BCUT2D eigenvalue weighted by molar-refractivity contribution is 5.80. The van der Waals surface area contributed by atoms with Gasteiger partial charge < -0.3 is 10.5 Å². The molecular weight excluding hydrogens is 276 g/mol.